The Labute approximate surface area is 126 Å². The summed E-state index contributed by atoms with van der Waals surface area (Å²) in [5.41, 5.74) is 8.14. The first-order valence-electron chi connectivity index (χ1n) is 6.40. The quantitative estimate of drug-likeness (QED) is 0.893. The van der Waals surface area contributed by atoms with E-state index in [1.807, 2.05) is 20.9 Å². The zero-order valence-corrected chi connectivity index (χ0v) is 13.3. The Morgan fingerprint density at radius 1 is 1.45 bits per heavy atom. The highest BCUT2D eigenvalue weighted by Crippen LogP contribution is 2.28. The van der Waals surface area contributed by atoms with Crippen LogP contribution in [0.5, 0.6) is 0 Å². The molecule has 0 bridgehead atoms. The summed E-state index contributed by atoms with van der Waals surface area (Å²) in [5, 5.41) is 7.54. The Bertz CT molecular complexity index is 622. The number of nitrogen functional groups attached to an aromatic ring is 1. The second kappa shape index (κ2) is 5.83. The summed E-state index contributed by atoms with van der Waals surface area (Å²) in [6.07, 6.45) is 0. The van der Waals surface area contributed by atoms with E-state index in [0.29, 0.717) is 23.6 Å². The number of anilines is 2. The van der Waals surface area contributed by atoms with Crippen LogP contribution in [0.15, 0.2) is 22.7 Å². The zero-order chi connectivity index (χ0) is 14.9. The second-order valence-electron chi connectivity index (χ2n) is 5.02. The van der Waals surface area contributed by atoms with Crippen molar-refractivity contribution in [2.24, 2.45) is 7.05 Å². The number of hydrogen-bond donors (Lipinski definition) is 2. The van der Waals surface area contributed by atoms with E-state index < -0.39 is 0 Å². The molecule has 1 aromatic heterocycles. The summed E-state index contributed by atoms with van der Waals surface area (Å²) in [4.78, 5) is 0. The number of benzene rings is 1. The van der Waals surface area contributed by atoms with Crippen molar-refractivity contribution in [1.82, 2.24) is 9.78 Å². The average Bonchev–Trinajstić information content (AvgIpc) is 2.67. The van der Waals surface area contributed by atoms with Gasteiger partial charge in [-0.1, -0.05) is 29.8 Å². The molecular formula is C14H18BrFN4. The molecule has 1 heterocycles. The second-order valence-corrected chi connectivity index (χ2v) is 5.93. The molecule has 0 radical (unpaired) electrons. The third-order valence-corrected chi connectivity index (χ3v) is 3.61. The van der Waals surface area contributed by atoms with E-state index in [9.17, 15) is 4.39 Å². The first-order chi connectivity index (χ1) is 9.40. The van der Waals surface area contributed by atoms with Crippen molar-refractivity contribution < 1.29 is 4.39 Å². The van der Waals surface area contributed by atoms with E-state index in [4.69, 9.17) is 5.73 Å². The highest BCUT2D eigenvalue weighted by molar-refractivity contribution is 9.10. The van der Waals surface area contributed by atoms with Crippen LogP contribution in [0.3, 0.4) is 0 Å². The lowest BCUT2D eigenvalue weighted by atomic mass is 10.1. The number of hydrogen-bond acceptors (Lipinski definition) is 3. The van der Waals surface area contributed by atoms with Gasteiger partial charge in [0.05, 0.1) is 11.4 Å². The lowest BCUT2D eigenvalue weighted by Crippen LogP contribution is -2.07. The van der Waals surface area contributed by atoms with E-state index in [1.54, 1.807) is 16.8 Å². The molecule has 0 saturated carbocycles. The molecule has 2 aromatic rings. The molecular weight excluding hydrogens is 323 g/mol. The maximum atomic E-state index is 13.7. The number of nitrogens with zero attached hydrogens (tertiary/aromatic N) is 2. The van der Waals surface area contributed by atoms with Gasteiger partial charge in [0.2, 0.25) is 0 Å². The fourth-order valence-electron chi connectivity index (χ4n) is 2.05. The topological polar surface area (TPSA) is 55.9 Å². The van der Waals surface area contributed by atoms with E-state index in [1.165, 1.54) is 6.07 Å². The first-order valence-corrected chi connectivity index (χ1v) is 7.19. The normalized spacial score (nSPS) is 11.1. The summed E-state index contributed by atoms with van der Waals surface area (Å²) in [7, 11) is 1.82. The molecule has 2 rings (SSSR count). The van der Waals surface area contributed by atoms with E-state index in [-0.39, 0.29) is 11.7 Å². The fraction of sp³-hybridized carbons (Fsp3) is 0.357. The van der Waals surface area contributed by atoms with Crippen molar-refractivity contribution in [1.29, 1.82) is 0 Å². The Morgan fingerprint density at radius 2 is 2.15 bits per heavy atom. The molecule has 0 spiro atoms. The van der Waals surface area contributed by atoms with Gasteiger partial charge in [-0.3, -0.25) is 4.68 Å². The van der Waals surface area contributed by atoms with Crippen LogP contribution < -0.4 is 11.1 Å². The summed E-state index contributed by atoms with van der Waals surface area (Å²) < 4.78 is 16.2. The first kappa shape index (κ1) is 14.8. The van der Waals surface area contributed by atoms with Crippen molar-refractivity contribution in [3.8, 4) is 0 Å². The minimum absolute atomic E-state index is 0.245. The van der Waals surface area contributed by atoms with Gasteiger partial charge in [0.15, 0.2) is 0 Å². The minimum Gasteiger partial charge on any atom is -0.394 e. The van der Waals surface area contributed by atoms with E-state index >= 15 is 0 Å². The number of rotatable bonds is 4. The standard InChI is InChI=1S/C14H18BrFN4/c1-8(2)13-12(17)14(20(3)19-13)18-7-9-6-10(15)4-5-11(9)16/h4-6,8,18H,7,17H2,1-3H3. The molecule has 1 aromatic carbocycles. The van der Waals surface area contributed by atoms with Crippen molar-refractivity contribution >= 4 is 27.4 Å². The largest absolute Gasteiger partial charge is 0.394 e. The number of aryl methyl sites for hydroxylation is 1. The molecule has 0 amide bonds. The maximum Gasteiger partial charge on any atom is 0.148 e. The molecule has 0 aliphatic rings. The van der Waals surface area contributed by atoms with E-state index in [2.05, 4.69) is 26.3 Å². The SMILES string of the molecule is CC(C)c1nn(C)c(NCc2cc(Br)ccc2F)c1N. The Balaban J connectivity index is 2.21. The Kier molecular flexibility index (Phi) is 4.32. The molecule has 0 aliphatic heterocycles. The summed E-state index contributed by atoms with van der Waals surface area (Å²) >= 11 is 3.34. The number of nitrogens with two attached hydrogens (primary N) is 1. The summed E-state index contributed by atoms with van der Waals surface area (Å²) in [6, 6.07) is 4.86. The summed E-state index contributed by atoms with van der Waals surface area (Å²) in [5.74, 6) is 0.720. The molecule has 0 unspecified atom stereocenters. The van der Waals surface area contributed by atoms with Crippen LogP contribution in [0.25, 0.3) is 0 Å². The van der Waals surface area contributed by atoms with Crippen LogP contribution in [0.1, 0.15) is 31.0 Å². The van der Waals surface area contributed by atoms with Crippen molar-refractivity contribution in [3.05, 3.63) is 39.7 Å². The number of nitrogens with one attached hydrogen (secondary N) is 1. The molecule has 6 heteroatoms. The number of halogens is 2. The van der Waals surface area contributed by atoms with Gasteiger partial charge in [-0.05, 0) is 24.1 Å². The van der Waals surface area contributed by atoms with Crippen LogP contribution in [-0.4, -0.2) is 9.78 Å². The molecule has 0 fully saturated rings. The van der Waals surface area contributed by atoms with Crippen molar-refractivity contribution in [2.75, 3.05) is 11.1 Å². The molecule has 0 atom stereocenters. The zero-order valence-electron chi connectivity index (χ0n) is 11.7. The van der Waals surface area contributed by atoms with Crippen LogP contribution in [0.4, 0.5) is 15.9 Å². The predicted octanol–water partition coefficient (Wildman–Crippen LogP) is 3.64. The van der Waals surface area contributed by atoms with Crippen LogP contribution in [-0.2, 0) is 13.6 Å². The van der Waals surface area contributed by atoms with Gasteiger partial charge >= 0.3 is 0 Å². The van der Waals surface area contributed by atoms with Crippen LogP contribution in [0.2, 0.25) is 0 Å². The Morgan fingerprint density at radius 3 is 2.75 bits per heavy atom. The third-order valence-electron chi connectivity index (χ3n) is 3.11. The van der Waals surface area contributed by atoms with Gasteiger partial charge < -0.3 is 11.1 Å². The van der Waals surface area contributed by atoms with Gasteiger partial charge in [0.1, 0.15) is 11.6 Å². The van der Waals surface area contributed by atoms with Gasteiger partial charge in [-0.2, -0.15) is 5.10 Å². The predicted molar refractivity (Wildman–Crippen MR) is 83.1 cm³/mol. The Hall–Kier alpha value is -1.56. The highest BCUT2D eigenvalue weighted by atomic mass is 79.9. The lowest BCUT2D eigenvalue weighted by Gasteiger charge is -2.09. The molecule has 4 nitrogen and oxygen atoms in total. The lowest BCUT2D eigenvalue weighted by molar-refractivity contribution is 0.612. The van der Waals surface area contributed by atoms with Gasteiger partial charge in [0, 0.05) is 23.6 Å². The molecule has 0 aliphatic carbocycles. The minimum atomic E-state index is -0.245. The van der Waals surface area contributed by atoms with Crippen LogP contribution >= 0.6 is 15.9 Å². The summed E-state index contributed by atoms with van der Waals surface area (Å²) in [6.45, 7) is 4.43. The molecule has 108 valence electrons. The molecule has 0 saturated heterocycles. The monoisotopic (exact) mass is 340 g/mol. The van der Waals surface area contributed by atoms with Crippen LogP contribution in [0, 0.1) is 5.82 Å². The van der Waals surface area contributed by atoms with Crippen molar-refractivity contribution in [3.63, 3.8) is 0 Å². The number of aromatic nitrogens is 2. The van der Waals surface area contributed by atoms with Gasteiger partial charge in [-0.15, -0.1) is 0 Å². The van der Waals surface area contributed by atoms with Crippen molar-refractivity contribution in [2.45, 2.75) is 26.3 Å². The molecule has 20 heavy (non-hydrogen) atoms. The average molecular weight is 341 g/mol. The smallest absolute Gasteiger partial charge is 0.148 e. The van der Waals surface area contributed by atoms with E-state index in [0.717, 1.165) is 10.2 Å². The fourth-order valence-corrected chi connectivity index (χ4v) is 2.46. The highest BCUT2D eigenvalue weighted by Gasteiger charge is 2.16. The van der Waals surface area contributed by atoms with Gasteiger partial charge in [0.25, 0.3) is 0 Å². The van der Waals surface area contributed by atoms with Gasteiger partial charge in [-0.25, -0.2) is 4.39 Å². The maximum absolute atomic E-state index is 13.7. The molecule has 3 N–H and O–H groups in total. The third kappa shape index (κ3) is 2.95.